The first kappa shape index (κ1) is 9.72. The highest BCUT2D eigenvalue weighted by atomic mass is 79.9. The third-order valence-electron chi connectivity index (χ3n) is 1.40. The summed E-state index contributed by atoms with van der Waals surface area (Å²) in [6.45, 7) is 0. The standard InChI is InChI=1S/C8H5Br2NO/c9-5-2-1-3-6(10)8(5)7(12)4-11/h1-3,7,12H. The Morgan fingerprint density at radius 1 is 1.33 bits per heavy atom. The SMILES string of the molecule is N#CC(O)c1c(Br)cccc1Br. The van der Waals surface area contributed by atoms with Crippen molar-refractivity contribution in [2.45, 2.75) is 6.10 Å². The van der Waals surface area contributed by atoms with Crippen LogP contribution in [-0.4, -0.2) is 5.11 Å². The van der Waals surface area contributed by atoms with Gasteiger partial charge < -0.3 is 5.11 Å². The van der Waals surface area contributed by atoms with E-state index in [4.69, 9.17) is 5.26 Å². The first-order valence-electron chi connectivity index (χ1n) is 3.18. The van der Waals surface area contributed by atoms with Gasteiger partial charge in [-0.15, -0.1) is 0 Å². The second kappa shape index (κ2) is 4.04. The van der Waals surface area contributed by atoms with Crippen molar-refractivity contribution in [2.24, 2.45) is 0 Å². The molecule has 0 heterocycles. The third-order valence-corrected chi connectivity index (χ3v) is 2.78. The smallest absolute Gasteiger partial charge is 0.168 e. The minimum absolute atomic E-state index is 0.569. The van der Waals surface area contributed by atoms with Crippen LogP contribution in [0.3, 0.4) is 0 Å². The fraction of sp³-hybridized carbons (Fsp3) is 0.125. The molecule has 0 spiro atoms. The van der Waals surface area contributed by atoms with Gasteiger partial charge in [-0.1, -0.05) is 37.9 Å². The summed E-state index contributed by atoms with van der Waals surface area (Å²) >= 11 is 6.49. The zero-order chi connectivity index (χ0) is 9.14. The van der Waals surface area contributed by atoms with E-state index in [2.05, 4.69) is 31.9 Å². The van der Waals surface area contributed by atoms with Gasteiger partial charge in [0, 0.05) is 14.5 Å². The van der Waals surface area contributed by atoms with Crippen LogP contribution in [0.25, 0.3) is 0 Å². The minimum atomic E-state index is -1.09. The number of aliphatic hydroxyl groups excluding tert-OH is 1. The van der Waals surface area contributed by atoms with Crippen LogP contribution in [0.5, 0.6) is 0 Å². The van der Waals surface area contributed by atoms with Crippen molar-refractivity contribution in [3.05, 3.63) is 32.7 Å². The number of hydrogen-bond acceptors (Lipinski definition) is 2. The molecule has 1 rings (SSSR count). The molecule has 0 aliphatic rings. The Bertz CT molecular complexity index is 312. The van der Waals surface area contributed by atoms with Gasteiger partial charge in [-0.25, -0.2) is 0 Å². The summed E-state index contributed by atoms with van der Waals surface area (Å²) in [6, 6.07) is 7.14. The summed E-state index contributed by atoms with van der Waals surface area (Å²) in [5, 5.41) is 17.8. The topological polar surface area (TPSA) is 44.0 Å². The van der Waals surface area contributed by atoms with Crippen LogP contribution in [-0.2, 0) is 0 Å². The minimum Gasteiger partial charge on any atom is -0.374 e. The first-order chi connectivity index (χ1) is 5.66. The lowest BCUT2D eigenvalue weighted by Gasteiger charge is -2.06. The predicted octanol–water partition coefficient (Wildman–Crippen LogP) is 2.77. The fourth-order valence-electron chi connectivity index (χ4n) is 0.836. The third kappa shape index (κ3) is 1.86. The maximum Gasteiger partial charge on any atom is 0.168 e. The van der Waals surface area contributed by atoms with Crippen LogP contribution >= 0.6 is 31.9 Å². The van der Waals surface area contributed by atoms with E-state index in [1.165, 1.54) is 0 Å². The number of nitriles is 1. The van der Waals surface area contributed by atoms with Gasteiger partial charge >= 0.3 is 0 Å². The maximum absolute atomic E-state index is 9.27. The first-order valence-corrected chi connectivity index (χ1v) is 4.77. The molecule has 0 aliphatic carbocycles. The highest BCUT2D eigenvalue weighted by Gasteiger charge is 2.12. The molecule has 2 nitrogen and oxygen atoms in total. The van der Waals surface area contributed by atoms with E-state index in [9.17, 15) is 5.11 Å². The van der Waals surface area contributed by atoms with E-state index in [-0.39, 0.29) is 0 Å². The molecule has 0 aromatic heterocycles. The molecule has 0 bridgehead atoms. The maximum atomic E-state index is 9.27. The molecule has 0 saturated heterocycles. The van der Waals surface area contributed by atoms with Gasteiger partial charge in [0.05, 0.1) is 6.07 Å². The summed E-state index contributed by atoms with van der Waals surface area (Å²) in [7, 11) is 0. The van der Waals surface area contributed by atoms with Crippen molar-refractivity contribution < 1.29 is 5.11 Å². The van der Waals surface area contributed by atoms with E-state index < -0.39 is 6.10 Å². The highest BCUT2D eigenvalue weighted by molar-refractivity contribution is 9.11. The molecule has 0 fully saturated rings. The average Bonchev–Trinajstić information content (AvgIpc) is 2.03. The zero-order valence-corrected chi connectivity index (χ0v) is 9.13. The van der Waals surface area contributed by atoms with E-state index >= 15 is 0 Å². The Labute approximate surface area is 87.1 Å². The van der Waals surface area contributed by atoms with Crippen molar-refractivity contribution in [1.82, 2.24) is 0 Å². The Hall–Kier alpha value is -0.370. The lowest BCUT2D eigenvalue weighted by atomic mass is 10.1. The van der Waals surface area contributed by atoms with E-state index in [0.29, 0.717) is 5.56 Å². The van der Waals surface area contributed by atoms with E-state index in [0.717, 1.165) is 8.95 Å². The van der Waals surface area contributed by atoms with Gasteiger partial charge in [-0.3, -0.25) is 0 Å². The van der Waals surface area contributed by atoms with Crippen LogP contribution in [0.15, 0.2) is 27.1 Å². The summed E-state index contributed by atoms with van der Waals surface area (Å²) < 4.78 is 1.46. The normalized spacial score (nSPS) is 12.2. The Kier molecular flexibility index (Phi) is 3.27. The quantitative estimate of drug-likeness (QED) is 0.808. The molecular formula is C8H5Br2NO. The molecule has 62 valence electrons. The van der Waals surface area contributed by atoms with Gasteiger partial charge in [0.15, 0.2) is 6.10 Å². The van der Waals surface area contributed by atoms with Crippen molar-refractivity contribution in [1.29, 1.82) is 5.26 Å². The Morgan fingerprint density at radius 2 is 1.83 bits per heavy atom. The van der Waals surface area contributed by atoms with Gasteiger partial charge in [-0.2, -0.15) is 5.26 Å². The summed E-state index contributed by atoms with van der Waals surface area (Å²) in [4.78, 5) is 0. The summed E-state index contributed by atoms with van der Waals surface area (Å²) in [6.07, 6.45) is -1.09. The number of halogens is 2. The molecule has 1 aromatic carbocycles. The number of nitrogens with zero attached hydrogens (tertiary/aromatic N) is 1. The second-order valence-corrected chi connectivity index (χ2v) is 3.88. The van der Waals surface area contributed by atoms with Crippen molar-refractivity contribution in [3.8, 4) is 6.07 Å². The number of aliphatic hydroxyl groups is 1. The highest BCUT2D eigenvalue weighted by Crippen LogP contribution is 2.30. The molecule has 1 aromatic rings. The molecule has 0 saturated carbocycles. The molecule has 12 heavy (non-hydrogen) atoms. The zero-order valence-electron chi connectivity index (χ0n) is 5.96. The largest absolute Gasteiger partial charge is 0.374 e. The molecule has 1 N–H and O–H groups in total. The van der Waals surface area contributed by atoms with E-state index in [1.807, 2.05) is 6.07 Å². The Morgan fingerprint density at radius 3 is 2.25 bits per heavy atom. The monoisotopic (exact) mass is 289 g/mol. The molecule has 0 aliphatic heterocycles. The molecular weight excluding hydrogens is 286 g/mol. The summed E-state index contributed by atoms with van der Waals surface area (Å²) in [5.74, 6) is 0. The molecule has 1 atom stereocenters. The van der Waals surface area contributed by atoms with E-state index in [1.54, 1.807) is 18.2 Å². The molecule has 1 unspecified atom stereocenters. The number of benzene rings is 1. The fourth-order valence-corrected chi connectivity index (χ4v) is 2.27. The van der Waals surface area contributed by atoms with Gasteiger partial charge in [0.2, 0.25) is 0 Å². The number of rotatable bonds is 1. The van der Waals surface area contributed by atoms with Crippen LogP contribution in [0.1, 0.15) is 11.7 Å². The van der Waals surface area contributed by atoms with Crippen LogP contribution in [0, 0.1) is 11.3 Å². The van der Waals surface area contributed by atoms with Crippen molar-refractivity contribution in [3.63, 3.8) is 0 Å². The van der Waals surface area contributed by atoms with Crippen LogP contribution in [0.4, 0.5) is 0 Å². The molecule has 0 radical (unpaired) electrons. The lowest BCUT2D eigenvalue weighted by Crippen LogP contribution is -1.95. The average molecular weight is 291 g/mol. The molecule has 4 heteroatoms. The van der Waals surface area contributed by atoms with Gasteiger partial charge in [-0.05, 0) is 12.1 Å². The van der Waals surface area contributed by atoms with Crippen LogP contribution in [0.2, 0.25) is 0 Å². The van der Waals surface area contributed by atoms with Gasteiger partial charge in [0.25, 0.3) is 0 Å². The van der Waals surface area contributed by atoms with Gasteiger partial charge in [0.1, 0.15) is 0 Å². The van der Waals surface area contributed by atoms with Crippen molar-refractivity contribution >= 4 is 31.9 Å². The Balaban J connectivity index is 3.23. The van der Waals surface area contributed by atoms with Crippen LogP contribution < -0.4 is 0 Å². The number of hydrogen-bond donors (Lipinski definition) is 1. The van der Waals surface area contributed by atoms with Crippen molar-refractivity contribution in [2.75, 3.05) is 0 Å². The molecule has 0 amide bonds. The lowest BCUT2D eigenvalue weighted by molar-refractivity contribution is 0.234. The summed E-state index contributed by atoms with van der Waals surface area (Å²) in [5.41, 5.74) is 0.569. The second-order valence-electron chi connectivity index (χ2n) is 2.17. The predicted molar refractivity (Wildman–Crippen MR) is 52.4 cm³/mol.